The molecule has 0 saturated heterocycles. The van der Waals surface area contributed by atoms with E-state index in [0.29, 0.717) is 18.9 Å². The van der Waals surface area contributed by atoms with E-state index in [0.717, 1.165) is 0 Å². The highest BCUT2D eigenvalue weighted by molar-refractivity contribution is 5.16. The monoisotopic (exact) mass is 154 g/mol. The molecule has 0 bridgehead atoms. The Morgan fingerprint density at radius 3 is 3.09 bits per heavy atom. The van der Waals surface area contributed by atoms with Gasteiger partial charge in [0.25, 0.3) is 5.56 Å². The summed E-state index contributed by atoms with van der Waals surface area (Å²) in [5.41, 5.74) is 5.04. The van der Waals surface area contributed by atoms with Crippen molar-refractivity contribution < 1.29 is 4.74 Å². The number of hydrogen-bond donors (Lipinski definition) is 2. The standard InChI is InChI=1S/C7H10N2O2/c8-2-4-11-6-1-3-9-7(10)5-6/h1,3,5H,2,4,8H2,(H,9,10). The van der Waals surface area contributed by atoms with Gasteiger partial charge in [0, 0.05) is 18.8 Å². The molecule has 0 unspecified atom stereocenters. The highest BCUT2D eigenvalue weighted by Gasteiger charge is 1.91. The second-order valence-corrected chi connectivity index (χ2v) is 2.03. The van der Waals surface area contributed by atoms with Gasteiger partial charge in [0.2, 0.25) is 0 Å². The Bertz CT molecular complexity index is 269. The molecule has 1 aromatic rings. The molecule has 4 nitrogen and oxygen atoms in total. The lowest BCUT2D eigenvalue weighted by atomic mass is 10.4. The highest BCUT2D eigenvalue weighted by Crippen LogP contribution is 2.02. The van der Waals surface area contributed by atoms with E-state index in [4.69, 9.17) is 10.5 Å². The molecule has 3 N–H and O–H groups in total. The third-order valence-electron chi connectivity index (χ3n) is 1.13. The zero-order valence-corrected chi connectivity index (χ0v) is 6.04. The van der Waals surface area contributed by atoms with Crippen LogP contribution >= 0.6 is 0 Å². The van der Waals surface area contributed by atoms with Crippen LogP contribution in [0.3, 0.4) is 0 Å². The summed E-state index contributed by atoms with van der Waals surface area (Å²) in [5.74, 6) is 0.555. The Morgan fingerprint density at radius 2 is 2.45 bits per heavy atom. The first-order chi connectivity index (χ1) is 5.33. The van der Waals surface area contributed by atoms with Gasteiger partial charge >= 0.3 is 0 Å². The minimum absolute atomic E-state index is 0.167. The molecule has 0 atom stereocenters. The Labute approximate surface area is 64.0 Å². The first kappa shape index (κ1) is 7.81. The van der Waals surface area contributed by atoms with Crippen molar-refractivity contribution in [2.24, 2.45) is 5.73 Å². The van der Waals surface area contributed by atoms with Gasteiger partial charge in [-0.25, -0.2) is 0 Å². The highest BCUT2D eigenvalue weighted by atomic mass is 16.5. The molecular weight excluding hydrogens is 144 g/mol. The summed E-state index contributed by atoms with van der Waals surface area (Å²) in [5, 5.41) is 0. The largest absolute Gasteiger partial charge is 0.492 e. The molecule has 0 aliphatic heterocycles. The van der Waals surface area contributed by atoms with E-state index in [1.54, 1.807) is 6.07 Å². The third kappa shape index (κ3) is 2.43. The topological polar surface area (TPSA) is 68.1 Å². The van der Waals surface area contributed by atoms with Crippen molar-refractivity contribution >= 4 is 0 Å². The molecule has 0 saturated carbocycles. The minimum atomic E-state index is -0.167. The number of aromatic amines is 1. The first-order valence-corrected chi connectivity index (χ1v) is 3.34. The van der Waals surface area contributed by atoms with Gasteiger partial charge in [-0.15, -0.1) is 0 Å². The summed E-state index contributed by atoms with van der Waals surface area (Å²) in [4.78, 5) is 13.2. The van der Waals surface area contributed by atoms with E-state index in [1.165, 1.54) is 12.3 Å². The van der Waals surface area contributed by atoms with Gasteiger partial charge in [-0.3, -0.25) is 4.79 Å². The zero-order valence-electron chi connectivity index (χ0n) is 6.04. The summed E-state index contributed by atoms with van der Waals surface area (Å²) >= 11 is 0. The number of nitrogens with one attached hydrogen (secondary N) is 1. The molecule has 4 heteroatoms. The van der Waals surface area contributed by atoms with E-state index < -0.39 is 0 Å². The molecule has 1 rings (SSSR count). The predicted molar refractivity (Wildman–Crippen MR) is 41.6 cm³/mol. The summed E-state index contributed by atoms with van der Waals surface area (Å²) in [7, 11) is 0. The van der Waals surface area contributed by atoms with Gasteiger partial charge in [-0.05, 0) is 6.07 Å². The van der Waals surface area contributed by atoms with E-state index in [-0.39, 0.29) is 5.56 Å². The molecule has 0 aliphatic carbocycles. The minimum Gasteiger partial charge on any atom is -0.492 e. The molecule has 0 fully saturated rings. The number of H-pyrrole nitrogens is 1. The molecule has 0 radical (unpaired) electrons. The molecule has 0 spiro atoms. The van der Waals surface area contributed by atoms with E-state index in [1.807, 2.05) is 0 Å². The molecule has 0 aromatic carbocycles. The quantitative estimate of drug-likeness (QED) is 0.628. The summed E-state index contributed by atoms with van der Waals surface area (Å²) in [6.07, 6.45) is 1.54. The fourth-order valence-electron chi connectivity index (χ4n) is 0.691. The maximum Gasteiger partial charge on any atom is 0.251 e. The average molecular weight is 154 g/mol. The number of ether oxygens (including phenoxy) is 1. The van der Waals surface area contributed by atoms with Gasteiger partial charge in [0.15, 0.2) is 0 Å². The second kappa shape index (κ2) is 3.78. The van der Waals surface area contributed by atoms with Crippen LogP contribution in [0, 0.1) is 0 Å². The van der Waals surface area contributed by atoms with Crippen LogP contribution in [-0.2, 0) is 0 Å². The van der Waals surface area contributed by atoms with Crippen molar-refractivity contribution in [3.63, 3.8) is 0 Å². The Hall–Kier alpha value is -1.29. The lowest BCUT2D eigenvalue weighted by molar-refractivity contribution is 0.327. The van der Waals surface area contributed by atoms with Crippen molar-refractivity contribution in [3.05, 3.63) is 28.7 Å². The lowest BCUT2D eigenvalue weighted by Gasteiger charge is -2.01. The summed E-state index contributed by atoms with van der Waals surface area (Å²) in [6, 6.07) is 3.06. The predicted octanol–water partition coefficient (Wildman–Crippen LogP) is -0.288. The average Bonchev–Trinajstić information content (AvgIpc) is 2.01. The number of nitrogens with two attached hydrogens (primary N) is 1. The van der Waals surface area contributed by atoms with Gasteiger partial charge in [0.05, 0.1) is 0 Å². The van der Waals surface area contributed by atoms with Crippen LogP contribution in [0.5, 0.6) is 5.75 Å². The van der Waals surface area contributed by atoms with Crippen molar-refractivity contribution in [1.82, 2.24) is 4.98 Å². The fourth-order valence-corrected chi connectivity index (χ4v) is 0.691. The molecule has 0 amide bonds. The molecule has 0 aliphatic rings. The van der Waals surface area contributed by atoms with Gasteiger partial charge in [0.1, 0.15) is 12.4 Å². The Balaban J connectivity index is 2.64. The smallest absolute Gasteiger partial charge is 0.251 e. The second-order valence-electron chi connectivity index (χ2n) is 2.03. The van der Waals surface area contributed by atoms with Crippen LogP contribution in [0.1, 0.15) is 0 Å². The lowest BCUT2D eigenvalue weighted by Crippen LogP contribution is -2.12. The zero-order chi connectivity index (χ0) is 8.10. The molecular formula is C7H10N2O2. The SMILES string of the molecule is NCCOc1cc[nH]c(=O)c1. The summed E-state index contributed by atoms with van der Waals surface area (Å²) < 4.78 is 5.09. The van der Waals surface area contributed by atoms with Crippen molar-refractivity contribution in [2.75, 3.05) is 13.2 Å². The van der Waals surface area contributed by atoms with Crippen LogP contribution in [0.4, 0.5) is 0 Å². The maximum absolute atomic E-state index is 10.7. The molecule has 60 valence electrons. The van der Waals surface area contributed by atoms with Crippen molar-refractivity contribution in [2.45, 2.75) is 0 Å². The van der Waals surface area contributed by atoms with Gasteiger partial charge in [-0.1, -0.05) is 0 Å². The number of aromatic nitrogens is 1. The number of hydrogen-bond acceptors (Lipinski definition) is 3. The van der Waals surface area contributed by atoms with Crippen LogP contribution in [-0.4, -0.2) is 18.1 Å². The van der Waals surface area contributed by atoms with Crippen LogP contribution < -0.4 is 16.0 Å². The number of rotatable bonds is 3. The number of pyridine rings is 1. The van der Waals surface area contributed by atoms with E-state index in [9.17, 15) is 4.79 Å². The molecule has 1 heterocycles. The fraction of sp³-hybridized carbons (Fsp3) is 0.286. The van der Waals surface area contributed by atoms with Gasteiger partial charge < -0.3 is 15.5 Å². The Kier molecular flexibility index (Phi) is 2.68. The van der Waals surface area contributed by atoms with Gasteiger partial charge in [-0.2, -0.15) is 0 Å². The van der Waals surface area contributed by atoms with E-state index in [2.05, 4.69) is 4.98 Å². The van der Waals surface area contributed by atoms with Crippen molar-refractivity contribution in [3.8, 4) is 5.75 Å². The summed E-state index contributed by atoms with van der Waals surface area (Å²) in [6.45, 7) is 0.885. The Morgan fingerprint density at radius 1 is 1.64 bits per heavy atom. The van der Waals surface area contributed by atoms with Crippen LogP contribution in [0.15, 0.2) is 23.1 Å². The third-order valence-corrected chi connectivity index (χ3v) is 1.13. The van der Waals surface area contributed by atoms with Crippen molar-refractivity contribution in [1.29, 1.82) is 0 Å². The normalized spacial score (nSPS) is 9.55. The van der Waals surface area contributed by atoms with Crippen LogP contribution in [0.25, 0.3) is 0 Å². The molecule has 1 aromatic heterocycles. The van der Waals surface area contributed by atoms with Crippen LogP contribution in [0.2, 0.25) is 0 Å². The first-order valence-electron chi connectivity index (χ1n) is 3.34. The maximum atomic E-state index is 10.7. The van der Waals surface area contributed by atoms with E-state index >= 15 is 0 Å². The molecule has 11 heavy (non-hydrogen) atoms.